The molecule has 0 radical (unpaired) electrons. The van der Waals surface area contributed by atoms with Gasteiger partial charge in [0.1, 0.15) is 5.82 Å². The molecule has 1 aromatic rings. The zero-order valence-corrected chi connectivity index (χ0v) is 13.1. The lowest BCUT2D eigenvalue weighted by molar-refractivity contribution is -0.00544. The lowest BCUT2D eigenvalue weighted by Crippen LogP contribution is -2.46. The van der Waals surface area contributed by atoms with E-state index < -0.39 is 0 Å². The van der Waals surface area contributed by atoms with Crippen molar-refractivity contribution >= 4 is 5.69 Å². The number of ether oxygens (including phenoxy) is 2. The largest absolute Gasteiger partial charge is 0.383 e. The number of methoxy groups -OCH3 is 1. The van der Waals surface area contributed by atoms with Crippen LogP contribution >= 0.6 is 0 Å². The number of nitrogens with one attached hydrogen (secondary N) is 1. The second-order valence-electron chi connectivity index (χ2n) is 5.58. The summed E-state index contributed by atoms with van der Waals surface area (Å²) < 4.78 is 25.1. The van der Waals surface area contributed by atoms with Crippen LogP contribution < -0.4 is 10.2 Å². The zero-order valence-electron chi connectivity index (χ0n) is 13.1. The molecular weight excluding hydrogens is 271 g/mol. The van der Waals surface area contributed by atoms with Crippen molar-refractivity contribution in [1.29, 1.82) is 0 Å². The highest BCUT2D eigenvalue weighted by Gasteiger charge is 2.25. The topological polar surface area (TPSA) is 33.7 Å². The number of nitrogens with zero attached hydrogens (tertiary/aromatic N) is 1. The molecule has 0 spiro atoms. The van der Waals surface area contributed by atoms with E-state index in [0.717, 1.165) is 25.2 Å². The number of hydrogen-bond donors (Lipinski definition) is 1. The Bertz CT molecular complexity index is 446. The summed E-state index contributed by atoms with van der Waals surface area (Å²) >= 11 is 0. The standard InChI is InChI=1S/C16H25FN2O2/c1-12-10-19(11-13(2)21-12)16-14(5-4-6-15(16)17)9-18-7-8-20-3/h4-6,12-13,18H,7-11H2,1-3H3. The summed E-state index contributed by atoms with van der Waals surface area (Å²) in [5.74, 6) is -0.164. The molecule has 1 N–H and O–H groups in total. The SMILES string of the molecule is COCCNCc1cccc(F)c1N1CC(C)OC(C)C1. The molecule has 1 heterocycles. The highest BCUT2D eigenvalue weighted by atomic mass is 19.1. The van der Waals surface area contributed by atoms with Crippen LogP contribution in [0.3, 0.4) is 0 Å². The van der Waals surface area contributed by atoms with E-state index in [9.17, 15) is 4.39 Å². The Morgan fingerprint density at radius 1 is 1.33 bits per heavy atom. The third-order valence-electron chi connectivity index (χ3n) is 3.60. The van der Waals surface area contributed by atoms with Gasteiger partial charge in [-0.3, -0.25) is 0 Å². The lowest BCUT2D eigenvalue weighted by Gasteiger charge is -2.38. The molecule has 1 fully saturated rings. The van der Waals surface area contributed by atoms with Crippen molar-refractivity contribution < 1.29 is 13.9 Å². The van der Waals surface area contributed by atoms with Crippen molar-refractivity contribution in [2.45, 2.75) is 32.6 Å². The number of hydrogen-bond acceptors (Lipinski definition) is 4. The summed E-state index contributed by atoms with van der Waals surface area (Å²) in [6.07, 6.45) is 0.227. The first-order valence-electron chi connectivity index (χ1n) is 7.49. The number of benzene rings is 1. The Balaban J connectivity index is 2.13. The van der Waals surface area contributed by atoms with Crippen LogP contribution in [0.2, 0.25) is 0 Å². The Labute approximate surface area is 126 Å². The molecule has 4 nitrogen and oxygen atoms in total. The first-order valence-corrected chi connectivity index (χ1v) is 7.49. The molecule has 0 aromatic heterocycles. The molecule has 1 aromatic carbocycles. The van der Waals surface area contributed by atoms with Crippen LogP contribution in [0.25, 0.3) is 0 Å². The van der Waals surface area contributed by atoms with Crippen LogP contribution in [-0.2, 0) is 16.0 Å². The predicted molar refractivity (Wildman–Crippen MR) is 82.2 cm³/mol. The van der Waals surface area contributed by atoms with Crippen molar-refractivity contribution in [2.75, 3.05) is 38.3 Å². The Hall–Kier alpha value is -1.17. The first-order chi connectivity index (χ1) is 10.1. The van der Waals surface area contributed by atoms with E-state index in [1.165, 1.54) is 6.07 Å². The number of anilines is 1. The minimum Gasteiger partial charge on any atom is -0.383 e. The summed E-state index contributed by atoms with van der Waals surface area (Å²) in [4.78, 5) is 2.10. The van der Waals surface area contributed by atoms with E-state index in [-0.39, 0.29) is 18.0 Å². The summed E-state index contributed by atoms with van der Waals surface area (Å²) in [5.41, 5.74) is 1.68. The average molecular weight is 296 g/mol. The van der Waals surface area contributed by atoms with Gasteiger partial charge in [0, 0.05) is 33.3 Å². The van der Waals surface area contributed by atoms with Crippen LogP contribution in [0.1, 0.15) is 19.4 Å². The van der Waals surface area contributed by atoms with Gasteiger partial charge in [-0.05, 0) is 25.5 Å². The molecule has 2 rings (SSSR count). The monoisotopic (exact) mass is 296 g/mol. The molecule has 1 aliphatic heterocycles. The molecule has 0 amide bonds. The van der Waals surface area contributed by atoms with Crippen LogP contribution in [-0.4, -0.2) is 45.6 Å². The van der Waals surface area contributed by atoms with Gasteiger partial charge in [0.05, 0.1) is 24.5 Å². The fourth-order valence-corrected chi connectivity index (χ4v) is 2.81. The van der Waals surface area contributed by atoms with E-state index in [1.54, 1.807) is 13.2 Å². The van der Waals surface area contributed by atoms with E-state index in [4.69, 9.17) is 9.47 Å². The van der Waals surface area contributed by atoms with Crippen molar-refractivity contribution in [3.05, 3.63) is 29.6 Å². The molecule has 0 bridgehead atoms. The van der Waals surface area contributed by atoms with Gasteiger partial charge in [0.25, 0.3) is 0 Å². The summed E-state index contributed by atoms with van der Waals surface area (Å²) in [5, 5.41) is 3.28. The number of halogens is 1. The van der Waals surface area contributed by atoms with Crippen LogP contribution in [0.15, 0.2) is 18.2 Å². The van der Waals surface area contributed by atoms with Gasteiger partial charge in [-0.1, -0.05) is 12.1 Å². The molecule has 0 aliphatic carbocycles. The van der Waals surface area contributed by atoms with Gasteiger partial charge in [-0.25, -0.2) is 4.39 Å². The van der Waals surface area contributed by atoms with E-state index in [0.29, 0.717) is 18.8 Å². The summed E-state index contributed by atoms with van der Waals surface area (Å²) in [6.45, 7) is 7.53. The van der Waals surface area contributed by atoms with Crippen molar-refractivity contribution in [3.63, 3.8) is 0 Å². The minimum absolute atomic E-state index is 0.114. The zero-order chi connectivity index (χ0) is 15.2. The fourth-order valence-electron chi connectivity index (χ4n) is 2.81. The van der Waals surface area contributed by atoms with E-state index in [1.807, 2.05) is 19.9 Å². The van der Waals surface area contributed by atoms with Gasteiger partial charge in [-0.2, -0.15) is 0 Å². The molecule has 2 atom stereocenters. The van der Waals surface area contributed by atoms with Crippen molar-refractivity contribution in [2.24, 2.45) is 0 Å². The van der Waals surface area contributed by atoms with Crippen LogP contribution in [0.5, 0.6) is 0 Å². The smallest absolute Gasteiger partial charge is 0.146 e. The van der Waals surface area contributed by atoms with Gasteiger partial charge in [0.15, 0.2) is 0 Å². The molecule has 0 saturated carbocycles. The second-order valence-corrected chi connectivity index (χ2v) is 5.58. The summed E-state index contributed by atoms with van der Waals surface area (Å²) in [7, 11) is 1.67. The quantitative estimate of drug-likeness (QED) is 0.816. The molecule has 2 unspecified atom stereocenters. The van der Waals surface area contributed by atoms with E-state index in [2.05, 4.69) is 10.2 Å². The third kappa shape index (κ3) is 4.40. The molecular formula is C16H25FN2O2. The van der Waals surface area contributed by atoms with Crippen LogP contribution in [0.4, 0.5) is 10.1 Å². The maximum Gasteiger partial charge on any atom is 0.146 e. The highest BCUT2D eigenvalue weighted by Crippen LogP contribution is 2.27. The first kappa shape index (κ1) is 16.2. The van der Waals surface area contributed by atoms with E-state index >= 15 is 0 Å². The maximum absolute atomic E-state index is 14.3. The minimum atomic E-state index is -0.164. The second kappa shape index (κ2) is 7.73. The van der Waals surface area contributed by atoms with Gasteiger partial charge >= 0.3 is 0 Å². The Morgan fingerprint density at radius 2 is 2.05 bits per heavy atom. The molecule has 21 heavy (non-hydrogen) atoms. The fraction of sp³-hybridized carbons (Fsp3) is 0.625. The number of rotatable bonds is 6. The molecule has 1 saturated heterocycles. The Morgan fingerprint density at radius 3 is 2.71 bits per heavy atom. The lowest BCUT2D eigenvalue weighted by atomic mass is 10.1. The van der Waals surface area contributed by atoms with Gasteiger partial charge in [-0.15, -0.1) is 0 Å². The predicted octanol–water partition coefficient (Wildman–Crippen LogP) is 2.18. The number of para-hydroxylation sites is 1. The maximum atomic E-state index is 14.3. The average Bonchev–Trinajstić information content (AvgIpc) is 2.42. The number of morpholine rings is 1. The van der Waals surface area contributed by atoms with Crippen molar-refractivity contribution in [1.82, 2.24) is 5.32 Å². The Kier molecular flexibility index (Phi) is 5.96. The van der Waals surface area contributed by atoms with Gasteiger partial charge in [0.2, 0.25) is 0 Å². The molecule has 5 heteroatoms. The van der Waals surface area contributed by atoms with Gasteiger partial charge < -0.3 is 19.7 Å². The molecule has 118 valence electrons. The van der Waals surface area contributed by atoms with Crippen LogP contribution in [0, 0.1) is 5.82 Å². The molecule has 1 aliphatic rings. The third-order valence-corrected chi connectivity index (χ3v) is 3.60. The summed E-state index contributed by atoms with van der Waals surface area (Å²) in [6, 6.07) is 5.27. The highest BCUT2D eigenvalue weighted by molar-refractivity contribution is 5.55. The van der Waals surface area contributed by atoms with Crippen molar-refractivity contribution in [3.8, 4) is 0 Å². The normalized spacial score (nSPS) is 22.6.